The van der Waals surface area contributed by atoms with Crippen molar-refractivity contribution < 1.29 is 4.79 Å². The molecule has 130 valence electrons. The van der Waals surface area contributed by atoms with Crippen LogP contribution in [0.15, 0.2) is 29.2 Å². The van der Waals surface area contributed by atoms with Crippen LogP contribution in [0.1, 0.15) is 46.1 Å². The second-order valence-corrected chi connectivity index (χ2v) is 8.26. The van der Waals surface area contributed by atoms with Crippen molar-refractivity contribution in [3.63, 3.8) is 0 Å². The number of hydrogen-bond donors (Lipinski definition) is 2. The van der Waals surface area contributed by atoms with Crippen LogP contribution >= 0.6 is 24.2 Å². The predicted octanol–water partition coefficient (Wildman–Crippen LogP) is 3.75. The van der Waals surface area contributed by atoms with Crippen LogP contribution in [-0.2, 0) is 10.2 Å². The third-order valence-electron chi connectivity index (χ3n) is 4.08. The number of piperidine rings is 1. The van der Waals surface area contributed by atoms with E-state index in [9.17, 15) is 4.79 Å². The summed E-state index contributed by atoms with van der Waals surface area (Å²) < 4.78 is 0. The summed E-state index contributed by atoms with van der Waals surface area (Å²) in [5.41, 5.74) is 1.50. The third-order valence-corrected chi connectivity index (χ3v) is 5.09. The lowest BCUT2D eigenvalue weighted by molar-refractivity contribution is -0.119. The van der Waals surface area contributed by atoms with E-state index < -0.39 is 0 Å². The molecule has 2 N–H and O–H groups in total. The zero-order chi connectivity index (χ0) is 16.2. The molecule has 0 bridgehead atoms. The normalized spacial score (nSPS) is 21.4. The Hall–Kier alpha value is -0.710. The summed E-state index contributed by atoms with van der Waals surface area (Å²) in [6.07, 6.45) is 2.05. The second-order valence-electron chi connectivity index (χ2n) is 7.21. The van der Waals surface area contributed by atoms with E-state index in [0.29, 0.717) is 17.8 Å². The van der Waals surface area contributed by atoms with Gasteiger partial charge in [0.15, 0.2) is 0 Å². The van der Waals surface area contributed by atoms with E-state index >= 15 is 0 Å². The molecule has 0 saturated carbocycles. The van der Waals surface area contributed by atoms with Crippen molar-refractivity contribution in [2.45, 2.75) is 62.9 Å². The first-order valence-electron chi connectivity index (χ1n) is 8.10. The van der Waals surface area contributed by atoms with Gasteiger partial charge in [0.25, 0.3) is 0 Å². The highest BCUT2D eigenvalue weighted by Gasteiger charge is 2.19. The maximum absolute atomic E-state index is 12.1. The van der Waals surface area contributed by atoms with Crippen molar-refractivity contribution in [1.82, 2.24) is 10.6 Å². The molecule has 0 aliphatic carbocycles. The first kappa shape index (κ1) is 20.3. The molecule has 1 saturated heterocycles. The van der Waals surface area contributed by atoms with Crippen molar-refractivity contribution in [3.8, 4) is 0 Å². The number of benzene rings is 1. The van der Waals surface area contributed by atoms with Gasteiger partial charge in [0.05, 0.1) is 5.75 Å². The Kier molecular flexibility index (Phi) is 7.91. The minimum absolute atomic E-state index is 0. The predicted molar refractivity (Wildman–Crippen MR) is 102 cm³/mol. The van der Waals surface area contributed by atoms with Gasteiger partial charge < -0.3 is 10.6 Å². The molecule has 2 rings (SSSR count). The SMILES string of the molecule is CC1CC(NC(=O)CSc2ccc(C(C)(C)C)cc2)CCN1.Cl. The summed E-state index contributed by atoms with van der Waals surface area (Å²) in [6.45, 7) is 9.80. The molecular formula is C18H29ClN2OS. The maximum atomic E-state index is 12.1. The Morgan fingerprint density at radius 1 is 1.30 bits per heavy atom. The zero-order valence-electron chi connectivity index (χ0n) is 14.5. The lowest BCUT2D eigenvalue weighted by atomic mass is 9.87. The quantitative estimate of drug-likeness (QED) is 0.807. The second kappa shape index (κ2) is 8.95. The minimum atomic E-state index is 0. The topological polar surface area (TPSA) is 41.1 Å². The van der Waals surface area contributed by atoms with Gasteiger partial charge in [-0.1, -0.05) is 32.9 Å². The molecule has 2 unspecified atom stereocenters. The molecule has 1 fully saturated rings. The van der Waals surface area contributed by atoms with Gasteiger partial charge in [-0.2, -0.15) is 0 Å². The number of halogens is 1. The van der Waals surface area contributed by atoms with E-state index in [1.165, 1.54) is 5.56 Å². The molecule has 0 spiro atoms. The van der Waals surface area contributed by atoms with E-state index in [1.807, 2.05) is 0 Å². The molecule has 0 aromatic heterocycles. The third kappa shape index (κ3) is 6.74. The maximum Gasteiger partial charge on any atom is 0.230 e. The van der Waals surface area contributed by atoms with Crippen molar-refractivity contribution in [3.05, 3.63) is 29.8 Å². The number of carbonyl (C=O) groups excluding carboxylic acids is 1. The van der Waals surface area contributed by atoms with Crippen LogP contribution in [0.5, 0.6) is 0 Å². The number of rotatable bonds is 4. The standard InChI is InChI=1S/C18H28N2OS.ClH/c1-13-11-15(9-10-19-13)20-17(21)12-22-16-7-5-14(6-8-16)18(2,3)4;/h5-8,13,15,19H,9-12H2,1-4H3,(H,20,21);1H. The molecule has 3 nitrogen and oxygen atoms in total. The van der Waals surface area contributed by atoms with E-state index in [1.54, 1.807) is 11.8 Å². The van der Waals surface area contributed by atoms with Crippen molar-refractivity contribution in [2.75, 3.05) is 12.3 Å². The van der Waals surface area contributed by atoms with E-state index in [2.05, 4.69) is 62.6 Å². The fraction of sp³-hybridized carbons (Fsp3) is 0.611. The van der Waals surface area contributed by atoms with Gasteiger partial charge in [0, 0.05) is 17.0 Å². The van der Waals surface area contributed by atoms with Crippen LogP contribution in [-0.4, -0.2) is 30.3 Å². The fourth-order valence-corrected chi connectivity index (χ4v) is 3.44. The summed E-state index contributed by atoms with van der Waals surface area (Å²) in [5, 5.41) is 6.56. The monoisotopic (exact) mass is 356 g/mol. The minimum Gasteiger partial charge on any atom is -0.353 e. The number of hydrogen-bond acceptors (Lipinski definition) is 3. The first-order chi connectivity index (χ1) is 10.3. The molecule has 1 amide bonds. The van der Waals surface area contributed by atoms with Crippen molar-refractivity contribution >= 4 is 30.1 Å². The summed E-state index contributed by atoms with van der Waals surface area (Å²) in [7, 11) is 0. The first-order valence-corrected chi connectivity index (χ1v) is 9.09. The van der Waals surface area contributed by atoms with Gasteiger partial charge in [-0.05, 0) is 49.4 Å². The van der Waals surface area contributed by atoms with Gasteiger partial charge in [-0.25, -0.2) is 0 Å². The smallest absolute Gasteiger partial charge is 0.230 e. The lowest BCUT2D eigenvalue weighted by Crippen LogP contribution is -2.47. The molecule has 1 aliphatic heterocycles. The average Bonchev–Trinajstić information content (AvgIpc) is 2.45. The van der Waals surface area contributed by atoms with E-state index in [4.69, 9.17) is 0 Å². The molecular weight excluding hydrogens is 328 g/mol. The van der Waals surface area contributed by atoms with Gasteiger partial charge >= 0.3 is 0 Å². The highest BCUT2D eigenvalue weighted by Crippen LogP contribution is 2.25. The number of thioether (sulfide) groups is 1. The van der Waals surface area contributed by atoms with Crippen LogP contribution in [0.4, 0.5) is 0 Å². The summed E-state index contributed by atoms with van der Waals surface area (Å²) in [4.78, 5) is 13.2. The molecule has 1 aromatic carbocycles. The van der Waals surface area contributed by atoms with Gasteiger partial charge in [0.1, 0.15) is 0 Å². The Labute approximate surface area is 150 Å². The largest absolute Gasteiger partial charge is 0.353 e. The van der Waals surface area contributed by atoms with E-state index in [-0.39, 0.29) is 23.7 Å². The highest BCUT2D eigenvalue weighted by molar-refractivity contribution is 8.00. The average molecular weight is 357 g/mol. The van der Waals surface area contributed by atoms with Crippen molar-refractivity contribution in [2.24, 2.45) is 0 Å². The van der Waals surface area contributed by atoms with Gasteiger partial charge in [-0.15, -0.1) is 24.2 Å². The van der Waals surface area contributed by atoms with Gasteiger partial charge in [0.2, 0.25) is 5.91 Å². The fourth-order valence-electron chi connectivity index (χ4n) is 2.73. The Balaban J connectivity index is 0.00000264. The molecule has 1 aliphatic rings. The summed E-state index contributed by atoms with van der Waals surface area (Å²) >= 11 is 1.61. The molecule has 1 aromatic rings. The number of amides is 1. The lowest BCUT2D eigenvalue weighted by Gasteiger charge is -2.28. The Morgan fingerprint density at radius 2 is 1.96 bits per heavy atom. The Bertz CT molecular complexity index is 499. The summed E-state index contributed by atoms with van der Waals surface area (Å²) in [5.74, 6) is 0.636. The number of carbonyl (C=O) groups is 1. The Morgan fingerprint density at radius 3 is 2.52 bits per heavy atom. The van der Waals surface area contributed by atoms with Crippen LogP contribution < -0.4 is 10.6 Å². The van der Waals surface area contributed by atoms with Crippen molar-refractivity contribution in [1.29, 1.82) is 0 Å². The molecule has 5 heteroatoms. The molecule has 23 heavy (non-hydrogen) atoms. The summed E-state index contributed by atoms with van der Waals surface area (Å²) in [6, 6.07) is 9.38. The zero-order valence-corrected chi connectivity index (χ0v) is 16.2. The number of nitrogens with one attached hydrogen (secondary N) is 2. The molecule has 2 atom stereocenters. The van der Waals surface area contributed by atoms with Gasteiger partial charge in [-0.3, -0.25) is 4.79 Å². The van der Waals surface area contributed by atoms with Crippen LogP contribution in [0.25, 0.3) is 0 Å². The van der Waals surface area contributed by atoms with Crippen LogP contribution in [0.2, 0.25) is 0 Å². The van der Waals surface area contributed by atoms with E-state index in [0.717, 1.165) is 24.3 Å². The van der Waals surface area contributed by atoms with Crippen LogP contribution in [0.3, 0.4) is 0 Å². The van der Waals surface area contributed by atoms with Crippen LogP contribution in [0, 0.1) is 0 Å². The molecule has 1 heterocycles. The highest BCUT2D eigenvalue weighted by atomic mass is 35.5. The molecule has 0 radical (unpaired) electrons.